The molecule has 2 amide bonds. The van der Waals surface area contributed by atoms with Crippen molar-refractivity contribution in [3.05, 3.63) is 23.8 Å². The molecule has 0 bridgehead atoms. The van der Waals surface area contributed by atoms with E-state index in [4.69, 9.17) is 43.6 Å². The largest absolute Gasteiger partial charge is 0.506 e. The van der Waals surface area contributed by atoms with Crippen molar-refractivity contribution in [3.63, 3.8) is 0 Å². The number of nitrogens with one attached hydrogen (secondary N) is 2. The number of methoxy groups -OCH3 is 1. The van der Waals surface area contributed by atoms with E-state index in [1.54, 1.807) is 0 Å². The molecule has 0 aliphatic carbocycles. The molecule has 4 aliphatic heterocycles. The number of nitrogen functional groups attached to an aromatic ring is 1. The van der Waals surface area contributed by atoms with E-state index in [2.05, 4.69) is 15.4 Å². The van der Waals surface area contributed by atoms with Crippen LogP contribution in [0.4, 0.5) is 5.69 Å². The van der Waals surface area contributed by atoms with E-state index < -0.39 is 178 Å². The molecular formula is C46H73N3O26. The second kappa shape index (κ2) is 28.0. The van der Waals surface area contributed by atoms with Gasteiger partial charge in [0.15, 0.2) is 18.9 Å². The third kappa shape index (κ3) is 15.2. The zero-order chi connectivity index (χ0) is 55.5. The van der Waals surface area contributed by atoms with Crippen molar-refractivity contribution >= 4 is 29.4 Å². The first-order valence-electron chi connectivity index (χ1n) is 24.5. The molecule has 4 aliphatic rings. The Labute approximate surface area is 429 Å². The molecule has 17 N–H and O–H groups in total. The Kier molecular flexibility index (Phi) is 23.1. The van der Waals surface area contributed by atoms with E-state index in [0.717, 1.165) is 32.3 Å². The van der Waals surface area contributed by atoms with Gasteiger partial charge in [-0.2, -0.15) is 0 Å². The second-order valence-corrected chi connectivity index (χ2v) is 18.9. The molecule has 21 atom stereocenters. The Hall–Kier alpha value is -4.06. The predicted molar refractivity (Wildman–Crippen MR) is 247 cm³/mol. The van der Waals surface area contributed by atoms with Gasteiger partial charge in [-0.3, -0.25) is 14.4 Å². The molecule has 1 aromatic rings. The number of rotatable bonds is 25. The van der Waals surface area contributed by atoms with Crippen LogP contribution in [0.5, 0.6) is 5.75 Å². The average molecular weight is 1080 g/mol. The maximum atomic E-state index is 14.1. The molecule has 0 saturated carbocycles. The Balaban J connectivity index is 1.52. The minimum absolute atomic E-state index is 0.0488. The topological polar surface area (TPSA) is 464 Å². The molecule has 0 aromatic heterocycles. The molecule has 29 nitrogen and oxygen atoms in total. The smallest absolute Gasteiger partial charge is 0.364 e. The van der Waals surface area contributed by atoms with E-state index in [0.29, 0.717) is 19.3 Å². The fraction of sp³-hybridized carbons (Fsp3) is 0.783. The minimum Gasteiger partial charge on any atom is -0.506 e. The van der Waals surface area contributed by atoms with Gasteiger partial charge in [0.25, 0.3) is 11.7 Å². The standard InChI is InChI=1S/C46H73N3O26/c1-19-31(58)34(61)35(62)43(69-19)73-39-30(49-41(64)21-11-12-22(47)23(54)14-21)42(68-13-9-7-5-4-6-8-10-28(57)67-3)71-27(18-52)37(39)72-44-36(63)40(33(60)26(17-51)70-44)75-46(45(65)66)15-24(55)29(48-20(2)53)38(74-46)32(59)25(56)16-50/h11-12,14,19,24-27,29-40,42-44,50-52,54-56,58-63H,4-10,13,15-18,47H2,1-3H3,(H,48,53)(H,49,64)(H,65,66)/t19?,24?,25?,26?,27?,29-,30?,31-,32?,33+,34?,35?,36?,37-,38?,39?,40?,42-,43+,44?,46+/m1/s1. The number of anilines is 1. The van der Waals surface area contributed by atoms with Gasteiger partial charge in [-0.25, -0.2) is 4.79 Å². The van der Waals surface area contributed by atoms with Crippen molar-refractivity contribution in [1.82, 2.24) is 10.6 Å². The van der Waals surface area contributed by atoms with Gasteiger partial charge in [0, 0.05) is 31.9 Å². The number of unbranched alkanes of at least 4 members (excludes halogenated alkanes) is 5. The number of esters is 1. The lowest BCUT2D eigenvalue weighted by Crippen LogP contribution is -2.71. The fourth-order valence-corrected chi connectivity index (χ4v) is 9.18. The molecule has 4 saturated heterocycles. The monoisotopic (exact) mass is 1080 g/mol. The summed E-state index contributed by atoms with van der Waals surface area (Å²) in [7, 11) is 1.30. The number of aliphatic hydroxyl groups excluding tert-OH is 11. The number of aromatic hydroxyl groups is 1. The fourth-order valence-electron chi connectivity index (χ4n) is 9.18. The lowest BCUT2D eigenvalue weighted by Gasteiger charge is -2.51. The van der Waals surface area contributed by atoms with Crippen LogP contribution in [-0.4, -0.2) is 252 Å². The molecule has 5 rings (SSSR count). The van der Waals surface area contributed by atoms with Crippen molar-refractivity contribution < 1.29 is 128 Å². The number of ether oxygens (including phenoxy) is 9. The summed E-state index contributed by atoms with van der Waals surface area (Å²) in [5.41, 5.74) is 5.53. The van der Waals surface area contributed by atoms with Crippen LogP contribution in [0, 0.1) is 0 Å². The van der Waals surface area contributed by atoms with Crippen LogP contribution >= 0.6 is 0 Å². The van der Waals surface area contributed by atoms with Gasteiger partial charge in [-0.1, -0.05) is 25.7 Å². The van der Waals surface area contributed by atoms with E-state index in [1.807, 2.05) is 0 Å². The van der Waals surface area contributed by atoms with Crippen LogP contribution in [0.25, 0.3) is 0 Å². The molecule has 29 heteroatoms. The number of benzene rings is 1. The first-order valence-corrected chi connectivity index (χ1v) is 24.5. The molecule has 0 radical (unpaired) electrons. The first-order chi connectivity index (χ1) is 35.5. The van der Waals surface area contributed by atoms with Gasteiger partial charge in [-0.05, 0) is 38.0 Å². The second-order valence-electron chi connectivity index (χ2n) is 18.9. The molecular weight excluding hydrogens is 1010 g/mol. The Morgan fingerprint density at radius 1 is 0.773 bits per heavy atom. The number of phenolic OH excluding ortho intramolecular Hbond substituents is 1. The highest BCUT2D eigenvalue weighted by Crippen LogP contribution is 2.39. The van der Waals surface area contributed by atoms with Gasteiger partial charge in [0.05, 0.1) is 50.9 Å². The van der Waals surface area contributed by atoms with Crippen molar-refractivity contribution in [2.75, 3.05) is 39.3 Å². The number of carboxylic acid groups (broad SMARTS) is 1. The Morgan fingerprint density at radius 3 is 2.01 bits per heavy atom. The normalized spacial score (nSPS) is 37.0. The molecule has 1 aromatic carbocycles. The van der Waals surface area contributed by atoms with Crippen molar-refractivity contribution in [1.29, 1.82) is 0 Å². The number of aliphatic hydroxyl groups is 11. The van der Waals surface area contributed by atoms with Gasteiger partial charge >= 0.3 is 11.9 Å². The highest BCUT2D eigenvalue weighted by Gasteiger charge is 2.61. The van der Waals surface area contributed by atoms with Crippen molar-refractivity contribution in [2.45, 2.75) is 194 Å². The molecule has 4 heterocycles. The number of nitrogens with two attached hydrogens (primary N) is 1. The number of hydrogen-bond donors (Lipinski definition) is 16. The predicted octanol–water partition coefficient (Wildman–Crippen LogP) is -5.72. The number of carbonyl (C=O) groups excluding carboxylic acids is 3. The number of hydrogen-bond acceptors (Lipinski definition) is 26. The van der Waals surface area contributed by atoms with E-state index in [1.165, 1.54) is 26.2 Å². The van der Waals surface area contributed by atoms with E-state index in [9.17, 15) is 85.6 Å². The van der Waals surface area contributed by atoms with E-state index in [-0.39, 0.29) is 30.2 Å². The number of amides is 2. The maximum absolute atomic E-state index is 14.1. The van der Waals surface area contributed by atoms with Gasteiger partial charge in [0.1, 0.15) is 91.1 Å². The van der Waals surface area contributed by atoms with Crippen LogP contribution < -0.4 is 16.4 Å². The summed E-state index contributed by atoms with van der Waals surface area (Å²) in [6.07, 6.45) is -31.6. The lowest BCUT2D eigenvalue weighted by molar-refractivity contribution is -0.391. The van der Waals surface area contributed by atoms with Crippen LogP contribution in [0.1, 0.15) is 75.6 Å². The number of phenols is 1. The zero-order valence-electron chi connectivity index (χ0n) is 41.5. The summed E-state index contributed by atoms with van der Waals surface area (Å²) in [6.45, 7) is -0.869. The molecule has 75 heavy (non-hydrogen) atoms. The van der Waals surface area contributed by atoms with Crippen LogP contribution in [0.2, 0.25) is 0 Å². The van der Waals surface area contributed by atoms with Crippen LogP contribution in [-0.2, 0) is 57.0 Å². The quantitative estimate of drug-likeness (QED) is 0.0188. The summed E-state index contributed by atoms with van der Waals surface area (Å²) in [5.74, 6) is -7.74. The minimum atomic E-state index is -3.17. The Morgan fingerprint density at radius 2 is 1.40 bits per heavy atom. The third-order valence-electron chi connectivity index (χ3n) is 13.4. The lowest BCUT2D eigenvalue weighted by atomic mass is 9.88. The SMILES string of the molecule is COC(=O)CCCCCCCCO[C@@H]1OC(CO)[C@@H](OC2OC(CO)[C@H](O)C(O[C@]3(C(=O)O)CC(O)[C@@H](NC(C)=O)C(C(O)C(O)CO)O3)C2O)C(O[C@@H]2OC(C)[C@@H](O)C(O)C2O)C1NC(=O)c1ccc(N)c(O)c1. The summed E-state index contributed by atoms with van der Waals surface area (Å²) in [4.78, 5) is 50.9. The molecule has 14 unspecified atom stereocenters. The summed E-state index contributed by atoms with van der Waals surface area (Å²) in [6, 6.07) is 0.251. The maximum Gasteiger partial charge on any atom is 0.364 e. The van der Waals surface area contributed by atoms with Crippen molar-refractivity contribution in [3.8, 4) is 5.75 Å². The summed E-state index contributed by atoms with van der Waals surface area (Å²) >= 11 is 0. The molecule has 4 fully saturated rings. The zero-order valence-corrected chi connectivity index (χ0v) is 41.5. The summed E-state index contributed by atoms with van der Waals surface area (Å²) in [5, 5.41) is 146. The van der Waals surface area contributed by atoms with Crippen molar-refractivity contribution in [2.24, 2.45) is 0 Å². The van der Waals surface area contributed by atoms with Gasteiger partial charge in [-0.15, -0.1) is 0 Å². The van der Waals surface area contributed by atoms with Crippen LogP contribution in [0.15, 0.2) is 18.2 Å². The number of carboxylic acids is 1. The first kappa shape index (κ1) is 61.8. The molecule has 428 valence electrons. The van der Waals surface area contributed by atoms with Gasteiger partial charge < -0.3 is 125 Å². The third-order valence-corrected chi connectivity index (χ3v) is 13.4. The molecule has 0 spiro atoms. The number of carbonyl (C=O) groups is 4. The Bertz CT molecular complexity index is 2010. The average Bonchev–Trinajstić information content (AvgIpc) is 3.38. The van der Waals surface area contributed by atoms with Gasteiger partial charge in [0.2, 0.25) is 5.91 Å². The number of aliphatic carboxylic acids is 1. The van der Waals surface area contributed by atoms with Crippen LogP contribution in [0.3, 0.4) is 0 Å². The highest BCUT2D eigenvalue weighted by molar-refractivity contribution is 5.95. The highest BCUT2D eigenvalue weighted by atomic mass is 16.8. The summed E-state index contributed by atoms with van der Waals surface area (Å²) < 4.78 is 52.8. The van der Waals surface area contributed by atoms with E-state index >= 15 is 0 Å².